The van der Waals surface area contributed by atoms with E-state index in [1.807, 2.05) is 13.8 Å². The van der Waals surface area contributed by atoms with E-state index in [0.29, 0.717) is 24.3 Å². The molecule has 0 aliphatic carbocycles. The Hall–Kier alpha value is -1.84. The standard InChI is InChI=1S/2C4H4O4.2C3H7.Sn/c2*5-3(6)1-2-4(7)8;2*1-3-2;/h2*1-2H,(H,5,6)(H,7,8);2*1,3H2,2H3;/q;;;;+2/p-2/b2*2-1+;;;. The molecule has 0 aromatic rings. The van der Waals surface area contributed by atoms with E-state index in [-0.39, 0.29) is 23.9 Å². The minimum atomic E-state index is -1.55. The third-order valence-corrected chi connectivity index (χ3v) is 0.724. The molecule has 0 saturated carbocycles. The summed E-state index contributed by atoms with van der Waals surface area (Å²) in [5.41, 5.74) is 0. The summed E-state index contributed by atoms with van der Waals surface area (Å²) in [4.78, 5) is 37.9. The van der Waals surface area contributed by atoms with Gasteiger partial charge < -0.3 is 30.0 Å². The number of carbonyl (C=O) groups is 4. The Kier molecular flexibility index (Phi) is 40.6. The van der Waals surface area contributed by atoms with E-state index in [1.54, 1.807) is 0 Å². The van der Waals surface area contributed by atoms with Gasteiger partial charge in [-0.2, -0.15) is 0 Å². The van der Waals surface area contributed by atoms with Crippen LogP contribution in [-0.2, 0) is 19.2 Å². The molecule has 0 atom stereocenters. The van der Waals surface area contributed by atoms with Crippen LogP contribution in [0.25, 0.3) is 0 Å². The molecule has 0 aromatic heterocycles. The molecule has 23 heavy (non-hydrogen) atoms. The Morgan fingerprint density at radius 3 is 1.04 bits per heavy atom. The number of aliphatic carboxylic acids is 4. The fourth-order valence-electron chi connectivity index (χ4n) is 0.279. The van der Waals surface area contributed by atoms with E-state index < -0.39 is 23.9 Å². The van der Waals surface area contributed by atoms with Crippen LogP contribution >= 0.6 is 0 Å². The average Bonchev–Trinajstić information content (AvgIpc) is 2.36. The molecule has 0 heterocycles. The summed E-state index contributed by atoms with van der Waals surface area (Å²) in [6, 6.07) is 0. The average molecular weight is 435 g/mol. The van der Waals surface area contributed by atoms with Gasteiger partial charge in [0.2, 0.25) is 0 Å². The first-order valence-electron chi connectivity index (χ1n) is 5.91. The molecule has 9 heteroatoms. The first-order chi connectivity index (χ1) is 10.1. The molecule has 0 aliphatic heterocycles. The second-order valence-electron chi connectivity index (χ2n) is 2.98. The van der Waals surface area contributed by atoms with E-state index >= 15 is 0 Å². The number of hydrogen-bond donors (Lipinski definition) is 2. The third kappa shape index (κ3) is 99.9. The fraction of sp³-hybridized carbons (Fsp3) is 0.286. The summed E-state index contributed by atoms with van der Waals surface area (Å²) in [6.07, 6.45) is 3.88. The Morgan fingerprint density at radius 1 is 0.783 bits per heavy atom. The largest absolute Gasteiger partial charge is 2.00 e. The van der Waals surface area contributed by atoms with Crippen LogP contribution in [-0.4, -0.2) is 58.0 Å². The molecule has 0 spiro atoms. The molecule has 128 valence electrons. The van der Waals surface area contributed by atoms with E-state index in [2.05, 4.69) is 13.8 Å². The number of carboxylic acid groups (broad SMARTS) is 4. The predicted molar refractivity (Wildman–Crippen MR) is 80.6 cm³/mol. The Balaban J connectivity index is -0.0000000680. The zero-order chi connectivity index (χ0) is 18.6. The van der Waals surface area contributed by atoms with Crippen molar-refractivity contribution < 1.29 is 39.6 Å². The maximum Gasteiger partial charge on any atom is 2.00 e. The van der Waals surface area contributed by atoms with E-state index in [9.17, 15) is 29.4 Å². The minimum Gasteiger partial charge on any atom is -0.545 e. The summed E-state index contributed by atoms with van der Waals surface area (Å²) in [7, 11) is 0. The monoisotopic (exact) mass is 436 g/mol. The molecular formula is C14H20O8Sn. The second-order valence-corrected chi connectivity index (χ2v) is 2.98. The van der Waals surface area contributed by atoms with Gasteiger partial charge in [-0.15, -0.1) is 0 Å². The van der Waals surface area contributed by atoms with Gasteiger partial charge in [0.25, 0.3) is 0 Å². The van der Waals surface area contributed by atoms with Gasteiger partial charge in [0.05, 0.1) is 11.9 Å². The van der Waals surface area contributed by atoms with Gasteiger partial charge in [0, 0.05) is 12.2 Å². The van der Waals surface area contributed by atoms with Crippen molar-refractivity contribution in [2.45, 2.75) is 26.7 Å². The molecule has 0 aromatic carbocycles. The van der Waals surface area contributed by atoms with Crippen molar-refractivity contribution in [3.63, 3.8) is 0 Å². The van der Waals surface area contributed by atoms with Crippen LogP contribution in [0.5, 0.6) is 0 Å². The SMILES string of the molecule is O=C(O)/C=C/C(=O)O.O=C([O-])/C=C/C(=O)[O-].[CH2]CC.[CH2]CC.[Sn+2]. The van der Waals surface area contributed by atoms with Crippen LogP contribution in [0.1, 0.15) is 26.7 Å². The van der Waals surface area contributed by atoms with Crippen molar-refractivity contribution in [2.75, 3.05) is 0 Å². The van der Waals surface area contributed by atoms with Gasteiger partial charge >= 0.3 is 35.8 Å². The maximum absolute atomic E-state index is 9.55. The topological polar surface area (TPSA) is 155 Å². The molecule has 0 saturated heterocycles. The molecule has 0 bridgehead atoms. The fourth-order valence-corrected chi connectivity index (χ4v) is 0.279. The number of carboxylic acids is 4. The van der Waals surface area contributed by atoms with E-state index in [1.165, 1.54) is 0 Å². The van der Waals surface area contributed by atoms with E-state index in [0.717, 1.165) is 12.8 Å². The molecule has 0 rings (SSSR count). The smallest absolute Gasteiger partial charge is 0.545 e. The third-order valence-electron chi connectivity index (χ3n) is 0.724. The van der Waals surface area contributed by atoms with Gasteiger partial charge in [0.1, 0.15) is 0 Å². The molecule has 2 N–H and O–H groups in total. The van der Waals surface area contributed by atoms with Crippen molar-refractivity contribution in [3.8, 4) is 0 Å². The van der Waals surface area contributed by atoms with Crippen molar-refractivity contribution in [1.82, 2.24) is 0 Å². The number of hydrogen-bond acceptors (Lipinski definition) is 6. The van der Waals surface area contributed by atoms with Crippen LogP contribution in [0.3, 0.4) is 0 Å². The summed E-state index contributed by atoms with van der Waals surface area (Å²) >= 11 is 0. The van der Waals surface area contributed by atoms with Gasteiger partial charge in [-0.05, 0) is 12.2 Å². The molecule has 0 unspecified atom stereocenters. The van der Waals surface area contributed by atoms with Crippen molar-refractivity contribution in [1.29, 1.82) is 0 Å². The Morgan fingerprint density at radius 2 is 0.957 bits per heavy atom. The van der Waals surface area contributed by atoms with Crippen molar-refractivity contribution in [3.05, 3.63) is 38.2 Å². The van der Waals surface area contributed by atoms with Crippen LogP contribution in [0.4, 0.5) is 0 Å². The van der Waals surface area contributed by atoms with Crippen molar-refractivity contribution >= 4 is 47.8 Å². The normalized spacial score (nSPS) is 8.17. The van der Waals surface area contributed by atoms with Gasteiger partial charge in [0.15, 0.2) is 0 Å². The van der Waals surface area contributed by atoms with Crippen LogP contribution in [0, 0.1) is 13.8 Å². The first-order valence-corrected chi connectivity index (χ1v) is 5.91. The van der Waals surface area contributed by atoms with Gasteiger partial charge in [-0.3, -0.25) is 0 Å². The number of rotatable bonds is 4. The van der Waals surface area contributed by atoms with Gasteiger partial charge in [-0.1, -0.05) is 40.5 Å². The van der Waals surface area contributed by atoms with Crippen LogP contribution < -0.4 is 10.2 Å². The predicted octanol–water partition coefficient (Wildman–Crippen LogP) is -1.17. The number of carbonyl (C=O) groups excluding carboxylic acids is 2. The molecule has 4 radical (unpaired) electrons. The molecule has 0 amide bonds. The summed E-state index contributed by atoms with van der Waals surface area (Å²) in [6.45, 7) is 11.0. The summed E-state index contributed by atoms with van der Waals surface area (Å²) in [5.74, 6) is -5.61. The van der Waals surface area contributed by atoms with Crippen LogP contribution in [0.2, 0.25) is 0 Å². The summed E-state index contributed by atoms with van der Waals surface area (Å²) < 4.78 is 0. The molecule has 0 fully saturated rings. The Labute approximate surface area is 152 Å². The summed E-state index contributed by atoms with van der Waals surface area (Å²) in [5, 5.41) is 34.5. The van der Waals surface area contributed by atoms with E-state index in [4.69, 9.17) is 10.2 Å². The quantitative estimate of drug-likeness (QED) is 0.414. The zero-order valence-corrected chi connectivity index (χ0v) is 15.8. The molecule has 8 nitrogen and oxygen atoms in total. The van der Waals surface area contributed by atoms with Crippen molar-refractivity contribution in [2.24, 2.45) is 0 Å². The molecular weight excluding hydrogens is 415 g/mol. The van der Waals surface area contributed by atoms with Gasteiger partial charge in [-0.25, -0.2) is 9.59 Å². The van der Waals surface area contributed by atoms with Crippen LogP contribution in [0.15, 0.2) is 24.3 Å². The Bertz CT molecular complexity index is 307. The second kappa shape index (κ2) is 28.3. The minimum absolute atomic E-state index is 0. The molecule has 0 aliphatic rings. The maximum atomic E-state index is 9.55. The zero-order valence-electron chi connectivity index (χ0n) is 13.0. The first kappa shape index (κ1) is 32.9.